The molecule has 0 heterocycles. The Balaban J connectivity index is 2.42. The van der Waals surface area contributed by atoms with Gasteiger partial charge in [-0.2, -0.15) is 0 Å². The molecular formula is C22H29IOSi. The fourth-order valence-corrected chi connectivity index (χ4v) is 8.31. The third kappa shape index (κ3) is 4.83. The van der Waals surface area contributed by atoms with Crippen LogP contribution in [0.15, 0.2) is 70.3 Å². The number of hydrogen-bond acceptors (Lipinski definition) is 1. The van der Waals surface area contributed by atoms with Crippen molar-refractivity contribution >= 4 is 41.3 Å². The van der Waals surface area contributed by atoms with Gasteiger partial charge in [-0.15, -0.1) is 0 Å². The Morgan fingerprint density at radius 2 is 1.44 bits per heavy atom. The standard InChI is InChI=1S/C22H29IOSi/c1-19(18-23)12-11-17-24-25(22(2,3)4,20-13-7-5-8-14-20)21-15-9-6-10-16-21/h5-10,13-16,18H,11-12,17H2,1-4H3/b19-18+. The van der Waals surface area contributed by atoms with Gasteiger partial charge in [0.05, 0.1) is 0 Å². The van der Waals surface area contributed by atoms with Gasteiger partial charge in [0.15, 0.2) is 0 Å². The highest BCUT2D eigenvalue weighted by Gasteiger charge is 2.49. The molecule has 1 nitrogen and oxygen atoms in total. The van der Waals surface area contributed by atoms with Crippen LogP contribution in [-0.2, 0) is 4.43 Å². The van der Waals surface area contributed by atoms with Crippen LogP contribution in [-0.4, -0.2) is 14.9 Å². The Morgan fingerprint density at radius 3 is 1.84 bits per heavy atom. The average Bonchev–Trinajstić information content (AvgIpc) is 2.62. The molecule has 2 rings (SSSR count). The number of halogens is 1. The lowest BCUT2D eigenvalue weighted by Crippen LogP contribution is -2.66. The second-order valence-electron chi connectivity index (χ2n) is 7.57. The topological polar surface area (TPSA) is 9.23 Å². The lowest BCUT2D eigenvalue weighted by atomic mass is 10.2. The van der Waals surface area contributed by atoms with Crippen LogP contribution >= 0.6 is 22.6 Å². The summed E-state index contributed by atoms with van der Waals surface area (Å²) in [7, 11) is -2.35. The van der Waals surface area contributed by atoms with Crippen LogP contribution < -0.4 is 10.4 Å². The van der Waals surface area contributed by atoms with E-state index in [2.05, 4.69) is 115 Å². The lowest BCUT2D eigenvalue weighted by molar-refractivity contribution is 0.292. The Bertz CT molecular complexity index is 635. The van der Waals surface area contributed by atoms with Crippen molar-refractivity contribution in [3.8, 4) is 0 Å². The minimum atomic E-state index is -2.35. The number of hydrogen-bond donors (Lipinski definition) is 0. The summed E-state index contributed by atoms with van der Waals surface area (Å²) in [5, 5.41) is 2.77. The van der Waals surface area contributed by atoms with Gasteiger partial charge in [-0.05, 0) is 39.3 Å². The fourth-order valence-electron chi connectivity index (χ4n) is 3.39. The van der Waals surface area contributed by atoms with Gasteiger partial charge in [0.1, 0.15) is 0 Å². The highest BCUT2D eigenvalue weighted by atomic mass is 127. The predicted octanol–water partition coefficient (Wildman–Crippen LogP) is 5.68. The summed E-state index contributed by atoms with van der Waals surface area (Å²) in [6.07, 6.45) is 2.16. The number of allylic oxidation sites excluding steroid dienone is 1. The maximum atomic E-state index is 6.87. The zero-order chi connectivity index (χ0) is 18.3. The molecule has 0 aliphatic heterocycles. The highest BCUT2D eigenvalue weighted by Crippen LogP contribution is 2.36. The summed E-state index contributed by atoms with van der Waals surface area (Å²) in [6, 6.07) is 21.7. The molecule has 134 valence electrons. The normalized spacial score (nSPS) is 13.1. The van der Waals surface area contributed by atoms with Gasteiger partial charge < -0.3 is 4.43 Å². The summed E-state index contributed by atoms with van der Waals surface area (Å²) in [5.74, 6) is 0. The first-order valence-electron chi connectivity index (χ1n) is 8.92. The Kier molecular flexibility index (Phi) is 7.46. The smallest absolute Gasteiger partial charge is 0.261 e. The molecule has 0 unspecified atom stereocenters. The summed E-state index contributed by atoms with van der Waals surface area (Å²) in [4.78, 5) is 0. The fraction of sp³-hybridized carbons (Fsp3) is 0.364. The van der Waals surface area contributed by atoms with Crippen molar-refractivity contribution in [3.05, 3.63) is 70.3 Å². The third-order valence-electron chi connectivity index (χ3n) is 4.64. The SMILES string of the molecule is C/C(=C\I)CCCO[Si](c1ccccc1)(c1ccccc1)C(C)(C)C. The Hall–Kier alpha value is -0.913. The van der Waals surface area contributed by atoms with Crippen LogP contribution in [0.1, 0.15) is 40.5 Å². The summed E-state index contributed by atoms with van der Waals surface area (Å²) < 4.78 is 9.04. The van der Waals surface area contributed by atoms with Crippen LogP contribution in [0.4, 0.5) is 0 Å². The minimum absolute atomic E-state index is 0.0594. The van der Waals surface area contributed by atoms with Gasteiger partial charge in [-0.25, -0.2) is 0 Å². The van der Waals surface area contributed by atoms with Crippen molar-refractivity contribution in [2.75, 3.05) is 6.61 Å². The van der Waals surface area contributed by atoms with E-state index in [1.807, 2.05) is 0 Å². The molecule has 0 radical (unpaired) electrons. The van der Waals surface area contributed by atoms with Crippen LogP contribution in [0, 0.1) is 0 Å². The van der Waals surface area contributed by atoms with Crippen molar-refractivity contribution in [3.63, 3.8) is 0 Å². The van der Waals surface area contributed by atoms with Crippen molar-refractivity contribution in [2.45, 2.75) is 45.6 Å². The third-order valence-corrected chi connectivity index (χ3v) is 10.7. The van der Waals surface area contributed by atoms with Gasteiger partial charge in [0, 0.05) is 6.61 Å². The average molecular weight is 464 g/mol. The lowest BCUT2D eigenvalue weighted by Gasteiger charge is -2.43. The molecule has 0 amide bonds. The monoisotopic (exact) mass is 464 g/mol. The Morgan fingerprint density at radius 1 is 0.960 bits per heavy atom. The summed E-state index contributed by atoms with van der Waals surface area (Å²) in [6.45, 7) is 9.98. The van der Waals surface area contributed by atoms with E-state index in [1.54, 1.807) is 0 Å². The molecule has 0 bridgehead atoms. The van der Waals surface area contributed by atoms with Gasteiger partial charge in [0.25, 0.3) is 8.32 Å². The summed E-state index contributed by atoms with van der Waals surface area (Å²) >= 11 is 2.32. The molecule has 2 aromatic rings. The van der Waals surface area contributed by atoms with Crippen molar-refractivity contribution in [1.29, 1.82) is 0 Å². The second kappa shape index (κ2) is 9.15. The zero-order valence-corrected chi connectivity index (χ0v) is 18.9. The first-order chi connectivity index (χ1) is 11.9. The molecule has 0 aliphatic carbocycles. The van der Waals surface area contributed by atoms with Gasteiger partial charge >= 0.3 is 0 Å². The van der Waals surface area contributed by atoms with E-state index in [0.717, 1.165) is 19.4 Å². The first kappa shape index (κ1) is 20.4. The molecule has 3 heteroatoms. The van der Waals surface area contributed by atoms with Gasteiger partial charge in [-0.3, -0.25) is 0 Å². The van der Waals surface area contributed by atoms with E-state index in [1.165, 1.54) is 15.9 Å². The molecule has 25 heavy (non-hydrogen) atoms. The minimum Gasteiger partial charge on any atom is -0.407 e. The number of rotatable bonds is 7. The van der Waals surface area contributed by atoms with Crippen LogP contribution in [0.2, 0.25) is 5.04 Å². The Labute approximate surface area is 167 Å². The summed E-state index contributed by atoms with van der Waals surface area (Å²) in [5.41, 5.74) is 1.42. The van der Waals surface area contributed by atoms with E-state index >= 15 is 0 Å². The molecule has 0 spiro atoms. The van der Waals surface area contributed by atoms with E-state index < -0.39 is 8.32 Å². The van der Waals surface area contributed by atoms with Crippen LogP contribution in [0.3, 0.4) is 0 Å². The molecule has 2 aromatic carbocycles. The highest BCUT2D eigenvalue weighted by molar-refractivity contribution is 14.1. The molecule has 0 aromatic heterocycles. The van der Waals surface area contributed by atoms with E-state index in [0.29, 0.717) is 0 Å². The molecule has 0 atom stereocenters. The van der Waals surface area contributed by atoms with Crippen molar-refractivity contribution in [2.24, 2.45) is 0 Å². The second-order valence-corrected chi connectivity index (χ2v) is 12.5. The molecule has 0 N–H and O–H groups in total. The predicted molar refractivity (Wildman–Crippen MR) is 121 cm³/mol. The van der Waals surface area contributed by atoms with Crippen LogP contribution in [0.25, 0.3) is 0 Å². The van der Waals surface area contributed by atoms with E-state index in [4.69, 9.17) is 4.43 Å². The maximum absolute atomic E-state index is 6.87. The van der Waals surface area contributed by atoms with E-state index in [-0.39, 0.29) is 5.04 Å². The maximum Gasteiger partial charge on any atom is 0.261 e. The van der Waals surface area contributed by atoms with Gasteiger partial charge in [0.2, 0.25) is 0 Å². The largest absolute Gasteiger partial charge is 0.407 e. The van der Waals surface area contributed by atoms with Crippen LogP contribution in [0.5, 0.6) is 0 Å². The number of benzene rings is 2. The van der Waals surface area contributed by atoms with Crippen molar-refractivity contribution < 1.29 is 4.43 Å². The molecule has 0 saturated heterocycles. The zero-order valence-electron chi connectivity index (χ0n) is 15.8. The van der Waals surface area contributed by atoms with Gasteiger partial charge in [-0.1, -0.05) is 110 Å². The quantitative estimate of drug-likeness (QED) is 0.291. The van der Waals surface area contributed by atoms with Crippen molar-refractivity contribution in [1.82, 2.24) is 0 Å². The molecular weight excluding hydrogens is 435 g/mol. The van der Waals surface area contributed by atoms with E-state index in [9.17, 15) is 0 Å². The molecule has 0 saturated carbocycles. The molecule has 0 aliphatic rings. The molecule has 0 fully saturated rings. The first-order valence-corrected chi connectivity index (χ1v) is 12.1.